The van der Waals surface area contributed by atoms with Gasteiger partial charge in [0.25, 0.3) is 0 Å². The molecule has 0 heterocycles. The summed E-state index contributed by atoms with van der Waals surface area (Å²) in [6.07, 6.45) is 0. The second kappa shape index (κ2) is 2.58. The average molecular weight is 101 g/mol. The summed E-state index contributed by atoms with van der Waals surface area (Å²) in [6, 6.07) is -0.447. The van der Waals surface area contributed by atoms with Gasteiger partial charge >= 0.3 is 0 Å². The molecule has 1 atom stereocenters. The highest BCUT2D eigenvalue weighted by atomic mass is 16.2. The van der Waals surface area contributed by atoms with E-state index in [9.17, 15) is 4.79 Å². The third kappa shape index (κ3) is 2.17. The van der Waals surface area contributed by atoms with Gasteiger partial charge in [-0.3, -0.25) is 4.79 Å². The molecule has 0 aliphatic heterocycles. The van der Waals surface area contributed by atoms with Crippen LogP contribution >= 0.6 is 0 Å². The number of nitrogens with one attached hydrogen (secondary N) is 1. The number of carbonyl (C=O) groups excluding carboxylic acids is 1. The molecule has 0 aliphatic carbocycles. The monoisotopic (exact) mass is 101 g/mol. The highest BCUT2D eigenvalue weighted by Gasteiger charge is 2.00. The van der Waals surface area contributed by atoms with Gasteiger partial charge in [0.2, 0.25) is 5.91 Å². The minimum absolute atomic E-state index is 0.236. The highest BCUT2D eigenvalue weighted by Crippen LogP contribution is 1.69. The summed E-state index contributed by atoms with van der Waals surface area (Å²) < 4.78 is 0. The maximum atomic E-state index is 10.2. The Kier molecular flexibility index (Phi) is 2.37. The van der Waals surface area contributed by atoms with Crippen LogP contribution in [-0.2, 0) is 4.79 Å². The van der Waals surface area contributed by atoms with Gasteiger partial charge in [-0.15, -0.1) is 0 Å². The van der Waals surface area contributed by atoms with Crippen LogP contribution in [0.5, 0.6) is 0 Å². The number of carbonyl (C=O) groups is 1. The van der Waals surface area contributed by atoms with Crippen LogP contribution in [0, 0.1) is 7.05 Å². The third-order valence-corrected chi connectivity index (χ3v) is 0.588. The average Bonchev–Trinajstić information content (AvgIpc) is 1.65. The number of amides is 1. The Labute approximate surface area is 42.9 Å². The van der Waals surface area contributed by atoms with Crippen molar-refractivity contribution in [3.8, 4) is 0 Å². The first-order valence-electron chi connectivity index (χ1n) is 2.01. The molecule has 0 aliphatic rings. The molecule has 0 aromatic heterocycles. The van der Waals surface area contributed by atoms with Crippen molar-refractivity contribution in [2.45, 2.75) is 13.0 Å². The molecule has 0 saturated heterocycles. The van der Waals surface area contributed by atoms with E-state index in [2.05, 4.69) is 12.4 Å². The van der Waals surface area contributed by atoms with E-state index < -0.39 is 6.04 Å². The predicted molar refractivity (Wildman–Crippen MR) is 27.1 cm³/mol. The van der Waals surface area contributed by atoms with Gasteiger partial charge in [0.1, 0.15) is 0 Å². The van der Waals surface area contributed by atoms with Gasteiger partial charge in [-0.05, 0) is 6.92 Å². The van der Waals surface area contributed by atoms with Gasteiger partial charge < -0.3 is 11.1 Å². The van der Waals surface area contributed by atoms with Gasteiger partial charge in [0, 0.05) is 7.05 Å². The SMILES string of the molecule is [CH2]NC(=O)[C@H](C)N. The van der Waals surface area contributed by atoms with E-state index >= 15 is 0 Å². The van der Waals surface area contributed by atoms with E-state index in [1.54, 1.807) is 6.92 Å². The topological polar surface area (TPSA) is 55.1 Å². The molecular weight excluding hydrogens is 92.1 g/mol. The lowest BCUT2D eigenvalue weighted by molar-refractivity contribution is -0.121. The van der Waals surface area contributed by atoms with E-state index in [0.29, 0.717) is 0 Å². The summed E-state index contributed by atoms with van der Waals surface area (Å²) in [4.78, 5) is 10.2. The Hall–Kier alpha value is -0.570. The van der Waals surface area contributed by atoms with Crippen molar-refractivity contribution in [1.29, 1.82) is 0 Å². The van der Waals surface area contributed by atoms with Gasteiger partial charge in [-0.1, -0.05) is 0 Å². The van der Waals surface area contributed by atoms with Crippen LogP contribution in [0.4, 0.5) is 0 Å². The summed E-state index contributed by atoms with van der Waals surface area (Å²) >= 11 is 0. The third-order valence-electron chi connectivity index (χ3n) is 0.588. The molecular formula is C4H9N2O. The van der Waals surface area contributed by atoms with E-state index in [-0.39, 0.29) is 5.91 Å². The fraction of sp³-hybridized carbons (Fsp3) is 0.500. The molecule has 1 radical (unpaired) electrons. The first-order chi connectivity index (χ1) is 3.18. The number of rotatable bonds is 1. The van der Waals surface area contributed by atoms with Crippen LogP contribution in [0.3, 0.4) is 0 Å². The summed E-state index contributed by atoms with van der Waals surface area (Å²) in [5, 5.41) is 2.15. The number of hydrogen-bond acceptors (Lipinski definition) is 2. The quantitative estimate of drug-likeness (QED) is 0.456. The highest BCUT2D eigenvalue weighted by molar-refractivity contribution is 5.80. The van der Waals surface area contributed by atoms with Gasteiger partial charge in [-0.2, -0.15) is 0 Å². The molecule has 7 heavy (non-hydrogen) atoms. The summed E-state index contributed by atoms with van der Waals surface area (Å²) in [5.74, 6) is -0.236. The first kappa shape index (κ1) is 6.43. The van der Waals surface area contributed by atoms with Gasteiger partial charge in [-0.25, -0.2) is 0 Å². The van der Waals surface area contributed by atoms with Crippen LogP contribution in [0.15, 0.2) is 0 Å². The Morgan fingerprint density at radius 1 is 2.00 bits per heavy atom. The molecule has 0 saturated carbocycles. The largest absolute Gasteiger partial charge is 0.353 e. The second-order valence-electron chi connectivity index (χ2n) is 1.33. The standard InChI is InChI=1S/C4H9N2O/c1-3(5)4(7)6-2/h3H,2,5H2,1H3,(H,6,7)/t3-/m0/s1. The fourth-order valence-corrected chi connectivity index (χ4v) is 0.161. The Morgan fingerprint density at radius 3 is 2.43 bits per heavy atom. The normalized spacial score (nSPS) is 13.0. The Morgan fingerprint density at radius 2 is 2.43 bits per heavy atom. The van der Waals surface area contributed by atoms with Crippen molar-refractivity contribution >= 4 is 5.91 Å². The Bertz CT molecular complexity index is 70.1. The fourth-order valence-electron chi connectivity index (χ4n) is 0.161. The number of nitrogens with two attached hydrogens (primary N) is 1. The molecule has 0 bridgehead atoms. The molecule has 0 rings (SSSR count). The molecule has 0 aromatic rings. The van der Waals surface area contributed by atoms with Crippen molar-refractivity contribution in [2.75, 3.05) is 0 Å². The smallest absolute Gasteiger partial charge is 0.236 e. The van der Waals surface area contributed by atoms with E-state index in [1.165, 1.54) is 0 Å². The molecule has 41 valence electrons. The second-order valence-corrected chi connectivity index (χ2v) is 1.33. The van der Waals surface area contributed by atoms with Gasteiger partial charge in [0.05, 0.1) is 6.04 Å². The summed E-state index contributed by atoms with van der Waals surface area (Å²) in [7, 11) is 3.13. The lowest BCUT2D eigenvalue weighted by atomic mass is 10.3. The summed E-state index contributed by atoms with van der Waals surface area (Å²) in [5.41, 5.74) is 5.09. The van der Waals surface area contributed by atoms with Crippen molar-refractivity contribution in [3.05, 3.63) is 7.05 Å². The van der Waals surface area contributed by atoms with Gasteiger partial charge in [0.15, 0.2) is 0 Å². The minimum atomic E-state index is -0.447. The van der Waals surface area contributed by atoms with E-state index in [0.717, 1.165) is 0 Å². The molecule has 1 amide bonds. The van der Waals surface area contributed by atoms with Crippen molar-refractivity contribution in [3.63, 3.8) is 0 Å². The van der Waals surface area contributed by atoms with Crippen molar-refractivity contribution in [2.24, 2.45) is 5.73 Å². The van der Waals surface area contributed by atoms with Crippen molar-refractivity contribution in [1.82, 2.24) is 5.32 Å². The minimum Gasteiger partial charge on any atom is -0.353 e. The van der Waals surface area contributed by atoms with Crippen LogP contribution < -0.4 is 11.1 Å². The number of hydrogen-bond donors (Lipinski definition) is 2. The molecule has 0 spiro atoms. The van der Waals surface area contributed by atoms with Crippen LogP contribution in [-0.4, -0.2) is 11.9 Å². The van der Waals surface area contributed by atoms with Crippen LogP contribution in [0.2, 0.25) is 0 Å². The molecule has 0 aromatic carbocycles. The summed E-state index contributed by atoms with van der Waals surface area (Å²) in [6.45, 7) is 1.60. The van der Waals surface area contributed by atoms with Crippen LogP contribution in [0.25, 0.3) is 0 Å². The van der Waals surface area contributed by atoms with E-state index in [1.807, 2.05) is 0 Å². The predicted octanol–water partition coefficient (Wildman–Crippen LogP) is -0.759. The maximum Gasteiger partial charge on any atom is 0.236 e. The van der Waals surface area contributed by atoms with E-state index in [4.69, 9.17) is 5.73 Å². The molecule has 0 unspecified atom stereocenters. The lowest BCUT2D eigenvalue weighted by Gasteiger charge is -1.98. The zero-order valence-electron chi connectivity index (χ0n) is 4.27. The molecule has 0 fully saturated rings. The maximum absolute atomic E-state index is 10.2. The van der Waals surface area contributed by atoms with Crippen molar-refractivity contribution < 1.29 is 4.79 Å². The zero-order valence-corrected chi connectivity index (χ0v) is 4.27. The Balaban J connectivity index is 3.35. The lowest BCUT2D eigenvalue weighted by Crippen LogP contribution is -2.34. The zero-order chi connectivity index (χ0) is 5.86. The first-order valence-corrected chi connectivity index (χ1v) is 2.01. The molecule has 3 nitrogen and oxygen atoms in total. The molecule has 3 N–H and O–H groups in total. The molecule has 3 heteroatoms. The van der Waals surface area contributed by atoms with Crippen LogP contribution in [0.1, 0.15) is 6.92 Å².